The molecule has 0 saturated carbocycles. The number of morpholine rings is 1. The monoisotopic (exact) mass is 415 g/mol. The highest BCUT2D eigenvalue weighted by Gasteiger charge is 2.37. The van der Waals surface area contributed by atoms with E-state index >= 15 is 0 Å². The molecule has 0 amide bonds. The van der Waals surface area contributed by atoms with E-state index in [1.807, 2.05) is 18.3 Å². The molecule has 2 aliphatic heterocycles. The van der Waals surface area contributed by atoms with E-state index in [1.54, 1.807) is 24.3 Å². The number of carbonyl (C=O) groups excluding carboxylic acids is 1. The lowest BCUT2D eigenvalue weighted by atomic mass is 10.0. The number of nitrogens with zero attached hydrogens (tertiary/aromatic N) is 2. The molecule has 2 aromatic carbocycles. The van der Waals surface area contributed by atoms with Crippen molar-refractivity contribution >= 4 is 23.1 Å². The number of hydrogen-bond donors (Lipinski definition) is 1. The third kappa shape index (κ3) is 4.61. The first-order valence-electron chi connectivity index (χ1n) is 9.59. The maximum atomic E-state index is 13.2. The third-order valence-electron chi connectivity index (χ3n) is 5.44. The number of nitrogen functional groups attached to an aromatic ring is 1. The van der Waals surface area contributed by atoms with Crippen LogP contribution in [0.4, 0.5) is 10.1 Å². The summed E-state index contributed by atoms with van der Waals surface area (Å²) in [6.45, 7) is 3.56. The number of ketones is 1. The van der Waals surface area contributed by atoms with Crippen molar-refractivity contribution in [3.63, 3.8) is 0 Å². The Morgan fingerprint density at radius 2 is 1.86 bits per heavy atom. The summed E-state index contributed by atoms with van der Waals surface area (Å²) >= 11 is 5.90. The normalized spacial score (nSPS) is 22.2. The molecule has 2 bridgehead atoms. The van der Waals surface area contributed by atoms with E-state index in [2.05, 4.69) is 9.80 Å². The van der Waals surface area contributed by atoms with Crippen molar-refractivity contribution in [2.45, 2.75) is 18.6 Å². The molecule has 0 aromatic heterocycles. The van der Waals surface area contributed by atoms with Gasteiger partial charge in [-0.05, 0) is 35.9 Å². The lowest BCUT2D eigenvalue weighted by Crippen LogP contribution is -2.63. The van der Waals surface area contributed by atoms with E-state index in [9.17, 15) is 9.18 Å². The van der Waals surface area contributed by atoms with E-state index in [4.69, 9.17) is 22.1 Å². The second kappa shape index (κ2) is 8.53. The summed E-state index contributed by atoms with van der Waals surface area (Å²) in [4.78, 5) is 17.1. The van der Waals surface area contributed by atoms with Crippen LogP contribution in [0, 0.1) is 5.82 Å². The van der Waals surface area contributed by atoms with E-state index in [0.717, 1.165) is 25.2 Å². The van der Waals surface area contributed by atoms with Crippen LogP contribution in [0.5, 0.6) is 0 Å². The fourth-order valence-corrected chi connectivity index (χ4v) is 4.14. The van der Waals surface area contributed by atoms with Crippen LogP contribution in [0.2, 0.25) is 5.02 Å². The van der Waals surface area contributed by atoms with Crippen LogP contribution in [-0.4, -0.2) is 54.0 Å². The van der Waals surface area contributed by atoms with Gasteiger partial charge in [-0.3, -0.25) is 9.69 Å². The maximum Gasteiger partial charge on any atom is 0.189 e. The number of hydrogen-bond acceptors (Lipinski definition) is 5. The van der Waals surface area contributed by atoms with Crippen LogP contribution in [0.1, 0.15) is 15.9 Å². The van der Waals surface area contributed by atoms with Gasteiger partial charge in [0.05, 0.1) is 25.3 Å². The van der Waals surface area contributed by atoms with Crippen molar-refractivity contribution in [2.75, 3.05) is 32.0 Å². The molecule has 2 unspecified atom stereocenters. The lowest BCUT2D eigenvalue weighted by molar-refractivity contribution is -0.0923. The first-order chi connectivity index (χ1) is 14.0. The second-order valence-corrected chi connectivity index (χ2v) is 7.95. The average molecular weight is 416 g/mol. The second-order valence-electron chi connectivity index (χ2n) is 7.51. The summed E-state index contributed by atoms with van der Waals surface area (Å²) in [7, 11) is 0. The number of piperazine rings is 1. The lowest BCUT2D eigenvalue weighted by Gasteiger charge is -2.49. The Bertz CT molecular complexity index is 905. The van der Waals surface area contributed by atoms with E-state index < -0.39 is 0 Å². The molecule has 2 aliphatic rings. The Morgan fingerprint density at radius 1 is 1.17 bits per heavy atom. The number of rotatable bonds is 5. The zero-order valence-corrected chi connectivity index (χ0v) is 16.7. The number of anilines is 1. The molecule has 2 atom stereocenters. The first kappa shape index (κ1) is 19.9. The van der Waals surface area contributed by atoms with Gasteiger partial charge >= 0.3 is 0 Å². The van der Waals surface area contributed by atoms with E-state index in [1.165, 1.54) is 12.1 Å². The van der Waals surface area contributed by atoms with Gasteiger partial charge in [0.1, 0.15) is 5.82 Å². The summed E-state index contributed by atoms with van der Waals surface area (Å²) in [6, 6.07) is 12.0. The number of fused-ring (bicyclic) bond motifs is 2. The first-order valence-corrected chi connectivity index (χ1v) is 9.97. The minimum atomic E-state index is -0.224. The highest BCUT2D eigenvalue weighted by atomic mass is 35.5. The Morgan fingerprint density at radius 3 is 2.52 bits per heavy atom. The molecule has 29 heavy (non-hydrogen) atoms. The quantitative estimate of drug-likeness (QED) is 0.461. The van der Waals surface area contributed by atoms with Gasteiger partial charge in [0, 0.05) is 48.2 Å². The topological polar surface area (TPSA) is 58.8 Å². The van der Waals surface area contributed by atoms with Crippen molar-refractivity contribution < 1.29 is 13.9 Å². The van der Waals surface area contributed by atoms with Gasteiger partial charge < -0.3 is 15.4 Å². The summed E-state index contributed by atoms with van der Waals surface area (Å²) in [5, 5.41) is 0.508. The molecule has 0 aliphatic carbocycles. The smallest absolute Gasteiger partial charge is 0.189 e. The molecular formula is C22H23ClFN3O2. The van der Waals surface area contributed by atoms with Crippen molar-refractivity contribution in [1.82, 2.24) is 9.80 Å². The van der Waals surface area contributed by atoms with Crippen LogP contribution in [0.25, 0.3) is 0 Å². The van der Waals surface area contributed by atoms with Crippen LogP contribution in [-0.2, 0) is 11.3 Å². The fraction of sp³-hybridized carbons (Fsp3) is 0.318. The molecule has 7 heteroatoms. The molecule has 5 nitrogen and oxygen atoms in total. The van der Waals surface area contributed by atoms with E-state index in [0.29, 0.717) is 29.5 Å². The van der Waals surface area contributed by atoms with Gasteiger partial charge in [-0.1, -0.05) is 23.7 Å². The number of halogens is 2. The van der Waals surface area contributed by atoms with Gasteiger partial charge in [-0.15, -0.1) is 0 Å². The number of allylic oxidation sites excluding steroid dienone is 1. The largest absolute Gasteiger partial charge is 0.398 e. The predicted octanol–water partition coefficient (Wildman–Crippen LogP) is 3.34. The number of benzene rings is 2. The minimum absolute atomic E-state index is 0.144. The molecule has 0 radical (unpaired) electrons. The zero-order chi connectivity index (χ0) is 20.4. The molecule has 2 saturated heterocycles. The zero-order valence-electron chi connectivity index (χ0n) is 15.9. The minimum Gasteiger partial charge on any atom is -0.398 e. The molecular weight excluding hydrogens is 393 g/mol. The van der Waals surface area contributed by atoms with E-state index in [-0.39, 0.29) is 23.7 Å². The highest BCUT2D eigenvalue weighted by molar-refractivity contribution is 6.31. The summed E-state index contributed by atoms with van der Waals surface area (Å²) in [6.07, 6.45) is 3.41. The molecule has 2 aromatic rings. The van der Waals surface area contributed by atoms with Gasteiger partial charge in [-0.25, -0.2) is 4.39 Å². The van der Waals surface area contributed by atoms with Crippen LogP contribution >= 0.6 is 11.6 Å². The maximum absolute atomic E-state index is 13.2. The van der Waals surface area contributed by atoms with Crippen LogP contribution in [0.3, 0.4) is 0 Å². The molecule has 2 fully saturated rings. The molecule has 0 spiro atoms. The number of nitrogens with two attached hydrogens (primary N) is 1. The number of ether oxygens (including phenoxy) is 1. The standard InChI is InChI=1S/C22H23ClFN3O2/c23-16-3-6-20(21(25)9-16)22(28)7-8-26-11-18-13-29-14-19(12-26)27(18)10-15-1-4-17(24)5-2-15/h1-9,18-19H,10-14,25H2. The van der Waals surface area contributed by atoms with Gasteiger partial charge in [0.15, 0.2) is 5.78 Å². The highest BCUT2D eigenvalue weighted by Crippen LogP contribution is 2.24. The van der Waals surface area contributed by atoms with Crippen molar-refractivity contribution in [3.8, 4) is 0 Å². The Balaban J connectivity index is 1.42. The Labute approximate surface area is 174 Å². The summed E-state index contributed by atoms with van der Waals surface area (Å²) in [5.74, 6) is -0.368. The van der Waals surface area contributed by atoms with Crippen molar-refractivity contribution in [3.05, 3.63) is 76.7 Å². The van der Waals surface area contributed by atoms with Crippen molar-refractivity contribution in [2.24, 2.45) is 0 Å². The third-order valence-corrected chi connectivity index (χ3v) is 5.68. The predicted molar refractivity (Wildman–Crippen MR) is 111 cm³/mol. The molecule has 2 heterocycles. The SMILES string of the molecule is Nc1cc(Cl)ccc1C(=O)C=CN1CC2COCC(C1)N2Cc1ccc(F)cc1. The number of carbonyl (C=O) groups is 1. The molecule has 2 N–H and O–H groups in total. The van der Waals surface area contributed by atoms with Gasteiger partial charge in [0.2, 0.25) is 0 Å². The van der Waals surface area contributed by atoms with Crippen LogP contribution < -0.4 is 5.73 Å². The van der Waals surface area contributed by atoms with Crippen molar-refractivity contribution in [1.29, 1.82) is 0 Å². The van der Waals surface area contributed by atoms with Gasteiger partial charge in [0.25, 0.3) is 0 Å². The fourth-order valence-electron chi connectivity index (χ4n) is 3.96. The average Bonchev–Trinajstić information content (AvgIpc) is 2.68. The molecule has 152 valence electrons. The van der Waals surface area contributed by atoms with Crippen LogP contribution in [0.15, 0.2) is 54.7 Å². The molecule has 4 rings (SSSR count). The Hall–Kier alpha value is -2.41. The summed E-state index contributed by atoms with van der Waals surface area (Å²) in [5.41, 5.74) is 7.82. The Kier molecular flexibility index (Phi) is 5.85. The summed E-state index contributed by atoms with van der Waals surface area (Å²) < 4.78 is 18.9. The van der Waals surface area contributed by atoms with Gasteiger partial charge in [-0.2, -0.15) is 0 Å².